The van der Waals surface area contributed by atoms with Crippen molar-refractivity contribution in [1.29, 1.82) is 0 Å². The second-order valence-electron chi connectivity index (χ2n) is 4.53. The zero-order valence-electron chi connectivity index (χ0n) is 11.7. The zero-order valence-corrected chi connectivity index (χ0v) is 13.4. The Morgan fingerprint density at radius 2 is 1.95 bits per heavy atom. The van der Waals surface area contributed by atoms with Crippen LogP contribution >= 0.6 is 0 Å². The minimum atomic E-state index is -0.651. The van der Waals surface area contributed by atoms with Gasteiger partial charge in [-0.1, -0.05) is 0 Å². The molecule has 2 bridgehead atoms. The average molecular weight is 356 g/mol. The fourth-order valence-electron chi connectivity index (χ4n) is 2.30. The van der Waals surface area contributed by atoms with Crippen LogP contribution in [0.15, 0.2) is 53.3 Å². The number of carbonyl (C=O) groups is 1. The van der Waals surface area contributed by atoms with E-state index < -0.39 is 5.97 Å². The number of esters is 1. The minimum absolute atomic E-state index is 0.0532. The second kappa shape index (κ2) is 6.08. The molecule has 0 fully saturated rings. The van der Waals surface area contributed by atoms with Crippen LogP contribution in [0.1, 0.15) is 5.56 Å². The Kier molecular flexibility index (Phi) is 3.98. The molecule has 0 N–H and O–H groups in total. The molecule has 0 spiro atoms. The molecular weight excluding hydrogens is 345 g/mol. The third-order valence-electron chi connectivity index (χ3n) is 3.28. The Morgan fingerprint density at radius 3 is 2.59 bits per heavy atom. The van der Waals surface area contributed by atoms with E-state index in [2.05, 4.69) is 33.0 Å². The van der Waals surface area contributed by atoms with Crippen LogP contribution in [-0.2, 0) is 9.53 Å². The molecule has 1 aliphatic rings. The summed E-state index contributed by atoms with van der Waals surface area (Å²) in [6.45, 7) is 0. The molecule has 0 saturated heterocycles. The molecule has 5 nitrogen and oxygen atoms in total. The van der Waals surface area contributed by atoms with E-state index >= 15 is 0 Å². The van der Waals surface area contributed by atoms with Gasteiger partial charge in [-0.25, -0.2) is 0 Å². The number of rotatable bonds is 4. The van der Waals surface area contributed by atoms with Crippen molar-refractivity contribution in [1.82, 2.24) is 0 Å². The molecule has 6 heteroatoms. The first-order chi connectivity index (χ1) is 10.7. The van der Waals surface area contributed by atoms with E-state index in [4.69, 9.17) is 5.53 Å². The van der Waals surface area contributed by atoms with Gasteiger partial charge in [-0.15, -0.1) is 0 Å². The van der Waals surface area contributed by atoms with Gasteiger partial charge in [-0.05, 0) is 0 Å². The van der Waals surface area contributed by atoms with Crippen LogP contribution in [0.3, 0.4) is 0 Å². The second-order valence-corrected chi connectivity index (χ2v) is 6.80. The van der Waals surface area contributed by atoms with Gasteiger partial charge in [0.1, 0.15) is 0 Å². The Hall–Kier alpha value is -2.52. The first kappa shape index (κ1) is 14.4. The van der Waals surface area contributed by atoms with Gasteiger partial charge in [0.25, 0.3) is 0 Å². The fourth-order valence-corrected chi connectivity index (χ4v) is 4.44. The third kappa shape index (κ3) is 2.51. The molecule has 0 amide bonds. The zero-order chi connectivity index (χ0) is 15.5. The van der Waals surface area contributed by atoms with Crippen LogP contribution in [0.5, 0.6) is 0 Å². The van der Waals surface area contributed by atoms with Crippen molar-refractivity contribution in [2.24, 2.45) is 5.11 Å². The van der Waals surface area contributed by atoms with Crippen molar-refractivity contribution in [3.63, 3.8) is 0 Å². The molecule has 1 aliphatic heterocycles. The summed E-state index contributed by atoms with van der Waals surface area (Å²) < 4.78 is 7.33. The van der Waals surface area contributed by atoms with Gasteiger partial charge in [0.15, 0.2) is 0 Å². The normalized spacial score (nSPS) is 12.1. The van der Waals surface area contributed by atoms with E-state index in [0.717, 1.165) is 11.1 Å². The summed E-state index contributed by atoms with van der Waals surface area (Å²) >= 11 is 0.414. The summed E-state index contributed by atoms with van der Waals surface area (Å²) in [5.41, 5.74) is 11.7. The van der Waals surface area contributed by atoms with Gasteiger partial charge in [0, 0.05) is 0 Å². The van der Waals surface area contributed by atoms with Crippen molar-refractivity contribution in [2.45, 2.75) is 0 Å². The Balaban J connectivity index is 2.12. The number of hydrogen-bond acceptors (Lipinski definition) is 3. The van der Waals surface area contributed by atoms with Gasteiger partial charge >= 0.3 is 133 Å². The molecule has 0 aromatic heterocycles. The van der Waals surface area contributed by atoms with Crippen molar-refractivity contribution in [3.8, 4) is 11.1 Å². The number of methoxy groups -OCH3 is 1. The maximum atomic E-state index is 11.7. The number of benzene rings is 2. The number of nitrogens with zero attached hydrogens (tertiary/aromatic N) is 3. The van der Waals surface area contributed by atoms with Crippen molar-refractivity contribution in [3.05, 3.63) is 64.2 Å². The molecule has 2 aromatic rings. The summed E-state index contributed by atoms with van der Waals surface area (Å²) in [5.74, 6) is -0.651. The van der Waals surface area contributed by atoms with Gasteiger partial charge in [0.05, 0.1) is 0 Å². The van der Waals surface area contributed by atoms with E-state index in [0.29, 0.717) is 15.0 Å². The van der Waals surface area contributed by atoms with Gasteiger partial charge in [0.2, 0.25) is 0 Å². The standard InChI is InChI=1S/C16H11N3O2Se/c1-21-16(20)12(18-19-17)9-10-5-2-3-6-11(10)15-13-7-4-8-14(15)22-13/h2-9H,1H3/b12-9-. The first-order valence-corrected chi connectivity index (χ1v) is 8.21. The van der Waals surface area contributed by atoms with Crippen LogP contribution in [-0.4, -0.2) is 28.0 Å². The first-order valence-electron chi connectivity index (χ1n) is 6.50. The molecule has 0 saturated carbocycles. The number of azide groups is 1. The van der Waals surface area contributed by atoms with Crippen LogP contribution in [0.25, 0.3) is 27.6 Å². The Bertz CT molecular complexity index is 819. The molecule has 1 heterocycles. The molecule has 0 radical (unpaired) electrons. The maximum absolute atomic E-state index is 11.7. The van der Waals surface area contributed by atoms with Gasteiger partial charge in [-0.2, -0.15) is 0 Å². The predicted molar refractivity (Wildman–Crippen MR) is 86.0 cm³/mol. The summed E-state index contributed by atoms with van der Waals surface area (Å²) in [7, 11) is 1.26. The predicted octanol–water partition coefficient (Wildman–Crippen LogP) is 2.15. The SMILES string of the molecule is COC(=O)/C(=C/c1ccccc1-c1c2cccc1[Se]2)N=[N+]=[N-]. The number of carbonyl (C=O) groups excluding carboxylic acids is 1. The van der Waals surface area contributed by atoms with Gasteiger partial charge < -0.3 is 0 Å². The van der Waals surface area contributed by atoms with E-state index in [-0.39, 0.29) is 5.70 Å². The van der Waals surface area contributed by atoms with Crippen molar-refractivity contribution >= 4 is 35.9 Å². The summed E-state index contributed by atoms with van der Waals surface area (Å²) in [5, 5.41) is 3.43. The van der Waals surface area contributed by atoms with E-state index in [1.807, 2.05) is 24.3 Å². The van der Waals surface area contributed by atoms with Crippen LogP contribution in [0.4, 0.5) is 0 Å². The van der Waals surface area contributed by atoms with Crippen LogP contribution in [0.2, 0.25) is 0 Å². The summed E-state index contributed by atoms with van der Waals surface area (Å²) in [6.07, 6.45) is 1.57. The molecule has 2 aromatic carbocycles. The average Bonchev–Trinajstić information content (AvgIpc) is 2.56. The van der Waals surface area contributed by atoms with Gasteiger partial charge in [-0.3, -0.25) is 0 Å². The van der Waals surface area contributed by atoms with E-state index in [1.54, 1.807) is 6.08 Å². The molecule has 22 heavy (non-hydrogen) atoms. The monoisotopic (exact) mass is 357 g/mol. The van der Waals surface area contributed by atoms with E-state index in [1.165, 1.54) is 21.6 Å². The number of fused-ring (bicyclic) bond motifs is 2. The molecule has 0 aliphatic carbocycles. The fraction of sp³-hybridized carbons (Fsp3) is 0.0625. The topological polar surface area (TPSA) is 75.1 Å². The van der Waals surface area contributed by atoms with Crippen LogP contribution < -0.4 is 8.92 Å². The molecule has 0 atom stereocenters. The quantitative estimate of drug-likeness (QED) is 0.179. The third-order valence-corrected chi connectivity index (χ3v) is 5.63. The van der Waals surface area contributed by atoms with Crippen LogP contribution in [0, 0.1) is 0 Å². The Labute approximate surface area is 133 Å². The molecular formula is C16H11N3O2Se. The molecule has 3 rings (SSSR count). The van der Waals surface area contributed by atoms with Crippen molar-refractivity contribution in [2.75, 3.05) is 7.11 Å². The Morgan fingerprint density at radius 1 is 1.23 bits per heavy atom. The molecule has 108 valence electrons. The summed E-state index contributed by atoms with van der Waals surface area (Å²) in [4.78, 5) is 14.4. The number of hydrogen-bond donors (Lipinski definition) is 0. The van der Waals surface area contributed by atoms with Crippen molar-refractivity contribution < 1.29 is 9.53 Å². The number of ether oxygens (including phenoxy) is 1. The summed E-state index contributed by atoms with van der Waals surface area (Å²) in [6, 6.07) is 14.0. The molecule has 0 unspecified atom stereocenters. The van der Waals surface area contributed by atoms with E-state index in [9.17, 15) is 4.79 Å².